The third kappa shape index (κ3) is 5.11. The normalized spacial score (nSPS) is 11.8. The molecule has 10 nitrogen and oxygen atoms in total. The minimum atomic E-state index is -5.09. The van der Waals surface area contributed by atoms with E-state index >= 15 is 0 Å². The fraction of sp³-hybridized carbons (Fsp3) is 0. The van der Waals surface area contributed by atoms with Crippen molar-refractivity contribution in [3.05, 3.63) is 91.0 Å². The minimum absolute atomic E-state index is 0. The standard InChI is InChI=1S/C23H16N4O6S2.Na.H/c28-34(29,30)20-13-17-11-12-19(14-21(17)22(15-20)35(31,32)33)27-25-23(16-7-3-1-4-8-16)24-26(27)18-9-5-2-6-10-18;;/h1-15H,(H-,28,29,30,31,32,33);;. The summed E-state index contributed by atoms with van der Waals surface area (Å²) >= 11 is 0. The average Bonchev–Trinajstić information content (AvgIpc) is 3.28. The Morgan fingerprint density at radius 1 is 0.833 bits per heavy atom. The average molecular weight is 533 g/mol. The fourth-order valence-corrected chi connectivity index (χ4v) is 4.98. The van der Waals surface area contributed by atoms with E-state index in [2.05, 4.69) is 10.2 Å². The van der Waals surface area contributed by atoms with E-state index in [1.54, 1.807) is 6.07 Å². The van der Waals surface area contributed by atoms with E-state index in [1.165, 1.54) is 21.7 Å². The first-order chi connectivity index (χ1) is 16.6. The van der Waals surface area contributed by atoms with Gasteiger partial charge in [0, 0.05) is 10.2 Å². The van der Waals surface area contributed by atoms with E-state index in [9.17, 15) is 25.9 Å². The molecule has 0 spiro atoms. The zero-order valence-corrected chi connectivity index (χ0v) is 19.4. The first-order valence-electron chi connectivity index (χ1n) is 10.1. The third-order valence-corrected chi connectivity index (χ3v) is 6.96. The summed E-state index contributed by atoms with van der Waals surface area (Å²) in [6.07, 6.45) is 0. The predicted octanol–water partition coefficient (Wildman–Crippen LogP) is 1.87. The number of hydrogen-bond donors (Lipinski definition) is 1. The van der Waals surface area contributed by atoms with Crippen LogP contribution in [0.3, 0.4) is 0 Å². The molecule has 1 aromatic heterocycles. The van der Waals surface area contributed by atoms with Gasteiger partial charge >= 0.3 is 35.4 Å². The molecule has 0 saturated heterocycles. The Hall–Kier alpha value is -2.97. The number of aromatic nitrogens is 4. The molecule has 36 heavy (non-hydrogen) atoms. The van der Waals surface area contributed by atoms with Gasteiger partial charge in [0.05, 0.1) is 20.5 Å². The van der Waals surface area contributed by atoms with E-state index < -0.39 is 30.0 Å². The van der Waals surface area contributed by atoms with Crippen LogP contribution >= 0.6 is 0 Å². The summed E-state index contributed by atoms with van der Waals surface area (Å²) in [5.41, 5.74) is 1.78. The van der Waals surface area contributed by atoms with Crippen LogP contribution in [0.4, 0.5) is 0 Å². The second kappa shape index (κ2) is 9.82. The molecule has 0 atom stereocenters. The van der Waals surface area contributed by atoms with E-state index in [0.29, 0.717) is 23.3 Å². The predicted molar refractivity (Wildman–Crippen MR) is 131 cm³/mol. The van der Waals surface area contributed by atoms with Crippen LogP contribution in [0.15, 0.2) is 101 Å². The molecule has 0 aliphatic carbocycles. The van der Waals surface area contributed by atoms with Crippen LogP contribution in [0, 0.1) is 0 Å². The van der Waals surface area contributed by atoms with Crippen LogP contribution in [0.1, 0.15) is 0 Å². The number of rotatable bonds is 5. The first kappa shape index (κ1) is 26.1. The molecule has 178 valence electrons. The van der Waals surface area contributed by atoms with Crippen molar-refractivity contribution in [2.75, 3.05) is 0 Å². The Labute approximate surface area is 228 Å². The Balaban J connectivity index is 0.00000304. The van der Waals surface area contributed by atoms with E-state index in [0.717, 1.165) is 11.6 Å². The monoisotopic (exact) mass is 532 g/mol. The molecular weight excluding hydrogens is 515 g/mol. The second-order valence-electron chi connectivity index (χ2n) is 7.56. The van der Waals surface area contributed by atoms with Crippen molar-refractivity contribution in [2.24, 2.45) is 0 Å². The Kier molecular flexibility index (Phi) is 7.12. The number of benzene rings is 4. The first-order valence-corrected chi connectivity index (χ1v) is 13.0. The summed E-state index contributed by atoms with van der Waals surface area (Å²) in [7, 11) is -9.83. The fourth-order valence-electron chi connectivity index (χ4n) is 3.65. The number of fused-ring (bicyclic) bond motifs is 1. The van der Waals surface area contributed by atoms with Crippen molar-refractivity contribution in [3.63, 3.8) is 0 Å². The van der Waals surface area contributed by atoms with Crippen molar-refractivity contribution in [3.8, 4) is 22.8 Å². The van der Waals surface area contributed by atoms with Crippen molar-refractivity contribution in [1.29, 1.82) is 0 Å². The van der Waals surface area contributed by atoms with Crippen LogP contribution in [0.25, 0.3) is 33.5 Å². The van der Waals surface area contributed by atoms with Gasteiger partial charge in [-0.05, 0) is 63.8 Å². The van der Waals surface area contributed by atoms with Crippen LogP contribution in [0.5, 0.6) is 0 Å². The van der Waals surface area contributed by atoms with Crippen molar-refractivity contribution < 1.29 is 30.7 Å². The zero-order valence-electron chi connectivity index (χ0n) is 17.8. The van der Waals surface area contributed by atoms with Gasteiger partial charge < -0.3 is 4.55 Å². The van der Waals surface area contributed by atoms with Gasteiger partial charge in [-0.25, -0.2) is 8.42 Å². The van der Waals surface area contributed by atoms with Gasteiger partial charge in [0.25, 0.3) is 10.1 Å². The summed E-state index contributed by atoms with van der Waals surface area (Å²) in [6, 6.07) is 24.5. The molecule has 0 aliphatic heterocycles. The molecule has 0 bridgehead atoms. The van der Waals surface area contributed by atoms with Crippen molar-refractivity contribution in [1.82, 2.24) is 15.0 Å². The molecule has 1 heterocycles. The van der Waals surface area contributed by atoms with Gasteiger partial charge in [-0.1, -0.05) is 42.5 Å². The molecule has 0 aliphatic rings. The molecule has 0 unspecified atom stereocenters. The maximum atomic E-state index is 12.0. The van der Waals surface area contributed by atoms with E-state index in [1.807, 2.05) is 60.7 Å². The van der Waals surface area contributed by atoms with Crippen LogP contribution in [-0.4, -0.2) is 70.5 Å². The molecule has 0 amide bonds. The number of nitrogens with zero attached hydrogens (tertiary/aromatic N) is 4. The summed E-state index contributed by atoms with van der Waals surface area (Å²) in [4.78, 5) is 1.48. The molecule has 0 fully saturated rings. The van der Waals surface area contributed by atoms with E-state index in [-0.39, 0.29) is 40.3 Å². The third-order valence-electron chi connectivity index (χ3n) is 5.25. The van der Waals surface area contributed by atoms with Gasteiger partial charge in [-0.2, -0.15) is 8.42 Å². The maximum absolute atomic E-state index is 12.0. The Morgan fingerprint density at radius 3 is 2.08 bits per heavy atom. The molecule has 4 aromatic carbocycles. The Morgan fingerprint density at radius 2 is 1.47 bits per heavy atom. The van der Waals surface area contributed by atoms with Gasteiger partial charge in [0.1, 0.15) is 15.8 Å². The SMILES string of the molecule is O=S(=O)([O-])c1cc(S(=O)(=O)O)cc2ccc(-n3nc(-c4ccccc4)n[n+]3-c3ccccc3)cc12.[NaH]. The molecule has 13 heteroatoms. The quantitative estimate of drug-likeness (QED) is 0.205. The summed E-state index contributed by atoms with van der Waals surface area (Å²) in [6.45, 7) is 0. The van der Waals surface area contributed by atoms with E-state index in [4.69, 9.17) is 0 Å². The molecule has 5 rings (SSSR count). The molecule has 0 saturated carbocycles. The van der Waals surface area contributed by atoms with Crippen LogP contribution in [-0.2, 0) is 20.2 Å². The summed E-state index contributed by atoms with van der Waals surface area (Å²) < 4.78 is 68.6. The van der Waals surface area contributed by atoms with Gasteiger partial charge in [0.15, 0.2) is 5.69 Å². The molecule has 5 aromatic rings. The Bertz CT molecular complexity index is 1790. The van der Waals surface area contributed by atoms with Crippen LogP contribution < -0.4 is 4.80 Å². The number of tetrazole rings is 1. The van der Waals surface area contributed by atoms with Gasteiger partial charge in [-0.3, -0.25) is 4.55 Å². The van der Waals surface area contributed by atoms with Crippen molar-refractivity contribution >= 4 is 60.6 Å². The van der Waals surface area contributed by atoms with Crippen LogP contribution in [0.2, 0.25) is 0 Å². The van der Waals surface area contributed by atoms with Crippen molar-refractivity contribution in [2.45, 2.75) is 9.79 Å². The number of para-hydroxylation sites is 1. The second-order valence-corrected chi connectivity index (χ2v) is 10.3. The van der Waals surface area contributed by atoms with Gasteiger partial charge in [0.2, 0.25) is 0 Å². The topological polar surface area (TPSA) is 146 Å². The molecular formula is C23H17N4NaO6S2. The number of hydrogen-bond acceptors (Lipinski definition) is 7. The molecule has 0 radical (unpaired) electrons. The summed E-state index contributed by atoms with van der Waals surface area (Å²) in [5, 5.41) is 9.29. The molecule has 1 N–H and O–H groups in total. The zero-order chi connectivity index (χ0) is 24.8. The van der Waals surface area contributed by atoms with Gasteiger partial charge in [-0.15, -0.1) is 0 Å². The summed E-state index contributed by atoms with van der Waals surface area (Å²) in [5.74, 6) is 0.396.